The molecule has 0 unspecified atom stereocenters. The van der Waals surface area contributed by atoms with Crippen molar-refractivity contribution in [1.82, 2.24) is 15.0 Å². The third-order valence-electron chi connectivity index (χ3n) is 2.83. The van der Waals surface area contributed by atoms with Crippen LogP contribution in [0.2, 0.25) is 0 Å². The van der Waals surface area contributed by atoms with Gasteiger partial charge in [-0.2, -0.15) is 4.98 Å². The maximum Gasteiger partial charge on any atom is 0.243 e. The molecule has 0 atom stereocenters. The molecule has 3 aromatic rings. The first-order valence-corrected chi connectivity index (χ1v) is 6.53. The molecule has 1 aromatic carbocycles. The minimum Gasteiger partial charge on any atom is -0.492 e. The zero-order valence-electron chi connectivity index (χ0n) is 10.8. The predicted octanol–water partition coefficient (Wildman–Crippen LogP) is 2.35. The fourth-order valence-electron chi connectivity index (χ4n) is 1.86. The number of hydrogen-bond donors (Lipinski definition) is 3. The summed E-state index contributed by atoms with van der Waals surface area (Å²) in [6.07, 6.45) is 1.50. The summed E-state index contributed by atoms with van der Waals surface area (Å²) in [7, 11) is 0. The van der Waals surface area contributed by atoms with Gasteiger partial charge in [-0.1, -0.05) is 24.3 Å². The van der Waals surface area contributed by atoms with Crippen LogP contribution in [0.1, 0.15) is 5.69 Å². The summed E-state index contributed by atoms with van der Waals surface area (Å²) in [5.74, 6) is -0.255. The fraction of sp³-hybridized carbons (Fsp3) is 0. The van der Waals surface area contributed by atoms with Gasteiger partial charge in [0.25, 0.3) is 0 Å². The van der Waals surface area contributed by atoms with Crippen LogP contribution in [0.25, 0.3) is 10.9 Å². The number of hydrogen-bond acceptors (Lipinski definition) is 7. The quantitative estimate of drug-likeness (QED) is 0.383. The van der Waals surface area contributed by atoms with Crippen LogP contribution < -0.4 is 5.73 Å². The summed E-state index contributed by atoms with van der Waals surface area (Å²) in [5.41, 5.74) is 7.29. The Morgan fingerprint density at radius 1 is 1.10 bits per heavy atom. The predicted molar refractivity (Wildman–Crippen MR) is 84.4 cm³/mol. The minimum atomic E-state index is -0.315. The molecule has 0 saturated heterocycles. The van der Waals surface area contributed by atoms with E-state index < -0.39 is 0 Å². The van der Waals surface area contributed by atoms with E-state index in [1.807, 2.05) is 36.4 Å². The molecule has 0 radical (unpaired) electrons. The number of thiol groups is 1. The molecule has 0 saturated carbocycles. The first-order chi connectivity index (χ1) is 10.1. The van der Waals surface area contributed by atoms with Gasteiger partial charge in [0, 0.05) is 5.39 Å². The molecule has 21 heavy (non-hydrogen) atoms. The molecule has 2 heterocycles. The van der Waals surface area contributed by atoms with Crippen molar-refractivity contribution in [2.75, 3.05) is 5.73 Å². The van der Waals surface area contributed by atoms with Gasteiger partial charge in [0.05, 0.1) is 17.4 Å². The SMILES string of the molecule is Nc1nc(S)nc(O)c1N=Cc1ccc2ccccc2n1. The highest BCUT2D eigenvalue weighted by Gasteiger charge is 2.08. The van der Waals surface area contributed by atoms with Crippen molar-refractivity contribution in [3.8, 4) is 5.88 Å². The summed E-state index contributed by atoms with van der Waals surface area (Å²) < 4.78 is 0. The van der Waals surface area contributed by atoms with Gasteiger partial charge in [-0.3, -0.25) is 0 Å². The minimum absolute atomic E-state index is 0.0598. The van der Waals surface area contributed by atoms with E-state index in [1.54, 1.807) is 0 Å². The molecule has 7 heteroatoms. The number of para-hydroxylation sites is 1. The van der Waals surface area contributed by atoms with E-state index in [4.69, 9.17) is 5.73 Å². The Balaban J connectivity index is 1.98. The summed E-state index contributed by atoms with van der Waals surface area (Å²) >= 11 is 3.92. The van der Waals surface area contributed by atoms with Gasteiger partial charge in [-0.05, 0) is 12.1 Å². The lowest BCUT2D eigenvalue weighted by molar-refractivity contribution is 0.448. The number of nitrogen functional groups attached to an aromatic ring is 1. The van der Waals surface area contributed by atoms with Crippen LogP contribution in [-0.2, 0) is 0 Å². The molecule has 0 amide bonds. The molecule has 0 spiro atoms. The maximum atomic E-state index is 9.71. The number of anilines is 1. The number of pyridine rings is 1. The Labute approximate surface area is 125 Å². The van der Waals surface area contributed by atoms with Crippen molar-refractivity contribution in [1.29, 1.82) is 0 Å². The second-order valence-electron chi connectivity index (χ2n) is 4.27. The van der Waals surface area contributed by atoms with Crippen molar-refractivity contribution < 1.29 is 5.11 Å². The average molecular weight is 297 g/mol. The molecule has 0 aliphatic rings. The van der Waals surface area contributed by atoms with Crippen LogP contribution in [0.5, 0.6) is 5.88 Å². The molecular weight excluding hydrogens is 286 g/mol. The van der Waals surface area contributed by atoms with Crippen LogP contribution >= 0.6 is 12.6 Å². The molecule has 104 valence electrons. The first-order valence-electron chi connectivity index (χ1n) is 6.09. The van der Waals surface area contributed by atoms with Crippen molar-refractivity contribution >= 4 is 41.3 Å². The standard InChI is InChI=1S/C14H11N5OS/c15-12-11(13(20)19-14(21)18-12)16-7-9-6-5-8-3-1-2-4-10(8)17-9/h1-7H,(H4,15,18,19,20,21). The third kappa shape index (κ3) is 2.77. The lowest BCUT2D eigenvalue weighted by Gasteiger charge is -2.02. The number of rotatable bonds is 2. The molecule has 2 aromatic heterocycles. The molecule has 6 nitrogen and oxygen atoms in total. The summed E-state index contributed by atoms with van der Waals surface area (Å²) in [6, 6.07) is 11.5. The van der Waals surface area contributed by atoms with Crippen LogP contribution in [0, 0.1) is 0 Å². The molecule has 0 bridgehead atoms. The Bertz CT molecular complexity index is 827. The van der Waals surface area contributed by atoms with E-state index in [0.29, 0.717) is 5.69 Å². The van der Waals surface area contributed by atoms with E-state index >= 15 is 0 Å². The molecule has 3 N–H and O–H groups in total. The van der Waals surface area contributed by atoms with Crippen molar-refractivity contribution in [2.45, 2.75) is 5.16 Å². The largest absolute Gasteiger partial charge is 0.492 e. The maximum absolute atomic E-state index is 9.71. The van der Waals surface area contributed by atoms with E-state index in [2.05, 4.69) is 32.6 Å². The van der Waals surface area contributed by atoms with Gasteiger partial charge < -0.3 is 10.8 Å². The molecule has 3 rings (SSSR count). The lowest BCUT2D eigenvalue weighted by atomic mass is 10.2. The second-order valence-corrected chi connectivity index (χ2v) is 4.67. The van der Waals surface area contributed by atoms with Crippen LogP contribution in [0.15, 0.2) is 46.5 Å². The van der Waals surface area contributed by atoms with Crippen molar-refractivity contribution in [2.24, 2.45) is 4.99 Å². The van der Waals surface area contributed by atoms with Crippen LogP contribution in [0.3, 0.4) is 0 Å². The van der Waals surface area contributed by atoms with E-state index in [-0.39, 0.29) is 22.5 Å². The summed E-state index contributed by atoms with van der Waals surface area (Å²) in [6.45, 7) is 0. The van der Waals surface area contributed by atoms with Gasteiger partial charge in [0.2, 0.25) is 5.88 Å². The highest BCUT2D eigenvalue weighted by Crippen LogP contribution is 2.29. The first kappa shape index (κ1) is 13.3. The van der Waals surface area contributed by atoms with Gasteiger partial charge in [-0.25, -0.2) is 15.0 Å². The second kappa shape index (κ2) is 5.37. The van der Waals surface area contributed by atoms with Crippen molar-refractivity contribution in [3.05, 3.63) is 42.1 Å². The smallest absolute Gasteiger partial charge is 0.243 e. The van der Waals surface area contributed by atoms with Crippen molar-refractivity contribution in [3.63, 3.8) is 0 Å². The van der Waals surface area contributed by atoms with Gasteiger partial charge >= 0.3 is 0 Å². The Morgan fingerprint density at radius 2 is 1.90 bits per heavy atom. The monoisotopic (exact) mass is 297 g/mol. The van der Waals surface area contributed by atoms with Gasteiger partial charge in [0.15, 0.2) is 16.7 Å². The Kier molecular flexibility index (Phi) is 3.41. The van der Waals surface area contributed by atoms with Gasteiger partial charge in [0.1, 0.15) is 0 Å². The number of aromatic nitrogens is 3. The molecule has 0 aliphatic carbocycles. The Hall–Kier alpha value is -2.67. The zero-order valence-corrected chi connectivity index (χ0v) is 11.7. The van der Waals surface area contributed by atoms with Crippen LogP contribution in [0.4, 0.5) is 11.5 Å². The number of nitrogens with zero attached hydrogens (tertiary/aromatic N) is 4. The molecular formula is C14H11N5OS. The normalized spacial score (nSPS) is 11.3. The number of nitrogens with two attached hydrogens (primary N) is 1. The van der Waals surface area contributed by atoms with E-state index in [9.17, 15) is 5.11 Å². The van der Waals surface area contributed by atoms with Crippen LogP contribution in [-0.4, -0.2) is 26.3 Å². The summed E-state index contributed by atoms with van der Waals surface area (Å²) in [5, 5.41) is 10.8. The number of fused-ring (bicyclic) bond motifs is 1. The third-order valence-corrected chi connectivity index (χ3v) is 3.03. The summed E-state index contributed by atoms with van der Waals surface area (Å²) in [4.78, 5) is 16.1. The Morgan fingerprint density at radius 3 is 2.71 bits per heavy atom. The number of aromatic hydroxyl groups is 1. The highest BCUT2D eigenvalue weighted by molar-refractivity contribution is 7.80. The lowest BCUT2D eigenvalue weighted by Crippen LogP contribution is -1.95. The number of benzene rings is 1. The van der Waals surface area contributed by atoms with Gasteiger partial charge in [-0.15, -0.1) is 12.6 Å². The molecule has 0 fully saturated rings. The average Bonchev–Trinajstić information content (AvgIpc) is 2.46. The highest BCUT2D eigenvalue weighted by atomic mass is 32.1. The van der Waals surface area contributed by atoms with E-state index in [1.165, 1.54) is 6.21 Å². The number of aliphatic imine (C=N–C) groups is 1. The fourth-order valence-corrected chi connectivity index (χ4v) is 2.06. The topological polar surface area (TPSA) is 97.3 Å². The molecule has 0 aliphatic heterocycles. The zero-order chi connectivity index (χ0) is 14.8. The van der Waals surface area contributed by atoms with E-state index in [0.717, 1.165) is 10.9 Å².